The van der Waals surface area contributed by atoms with Gasteiger partial charge in [-0.3, -0.25) is 14.4 Å². The Labute approximate surface area is 378 Å². The van der Waals surface area contributed by atoms with Gasteiger partial charge in [0.15, 0.2) is 5.60 Å². The fourth-order valence-electron chi connectivity index (χ4n) is 10.1. The zero-order valence-electron chi connectivity index (χ0n) is 39.3. The molecular weight excluding hydrogens is 809 g/mol. The van der Waals surface area contributed by atoms with E-state index >= 15 is 0 Å². The van der Waals surface area contributed by atoms with Gasteiger partial charge in [0.2, 0.25) is 0 Å². The quantitative estimate of drug-likeness (QED) is 0.0629. The Bertz CT molecular complexity index is 2470. The van der Waals surface area contributed by atoms with Crippen molar-refractivity contribution in [1.29, 1.82) is 0 Å². The van der Waals surface area contributed by atoms with Crippen LogP contribution in [-0.2, 0) is 50.7 Å². The Morgan fingerprint density at radius 3 is 2.22 bits per heavy atom. The maximum absolute atomic E-state index is 13.7. The summed E-state index contributed by atoms with van der Waals surface area (Å²) in [6.07, 6.45) is 13.4. The fraction of sp³-hybridized carbons (Fsp3) is 0.566. The zero-order valence-corrected chi connectivity index (χ0v) is 39.3. The van der Waals surface area contributed by atoms with E-state index < -0.39 is 23.5 Å². The third kappa shape index (κ3) is 10.1. The topological polar surface area (TPSA) is 143 Å². The average molecular weight is 877 g/mol. The van der Waals surface area contributed by atoms with E-state index in [0.29, 0.717) is 34.8 Å². The molecule has 0 fully saturated rings. The van der Waals surface area contributed by atoms with Crippen molar-refractivity contribution < 1.29 is 38.4 Å². The maximum atomic E-state index is 13.7. The summed E-state index contributed by atoms with van der Waals surface area (Å²) >= 11 is 0. The molecule has 3 aliphatic rings. The number of aromatic nitrogens is 2. The lowest BCUT2D eigenvalue weighted by molar-refractivity contribution is -0.172. The van der Waals surface area contributed by atoms with Gasteiger partial charge < -0.3 is 28.6 Å². The number of aryl methyl sites for hydroxylation is 3. The van der Waals surface area contributed by atoms with Crippen molar-refractivity contribution in [2.45, 2.75) is 176 Å². The highest BCUT2D eigenvalue weighted by Gasteiger charge is 2.45. The molecule has 2 aromatic carbocycles. The number of benzene rings is 2. The van der Waals surface area contributed by atoms with Crippen LogP contribution in [-0.4, -0.2) is 38.2 Å². The van der Waals surface area contributed by atoms with Crippen LogP contribution in [0.3, 0.4) is 0 Å². The summed E-state index contributed by atoms with van der Waals surface area (Å²) in [6, 6.07) is 10.6. The molecular formula is C53H68N2O9. The minimum absolute atomic E-state index is 0.0605. The van der Waals surface area contributed by atoms with Gasteiger partial charge in [-0.25, -0.2) is 9.78 Å². The molecule has 0 radical (unpaired) electrons. The van der Waals surface area contributed by atoms with Crippen molar-refractivity contribution in [1.82, 2.24) is 9.55 Å². The number of carbonyl (C=O) groups is 3. The van der Waals surface area contributed by atoms with Crippen LogP contribution in [0.4, 0.5) is 0 Å². The highest BCUT2D eigenvalue weighted by atomic mass is 16.6. The molecule has 0 saturated heterocycles. The number of cyclic esters (lactones) is 1. The molecule has 0 bridgehead atoms. The maximum Gasteiger partial charge on any atom is 0.343 e. The molecule has 344 valence electrons. The molecule has 0 saturated carbocycles. The van der Waals surface area contributed by atoms with E-state index in [1.807, 2.05) is 26.0 Å². The summed E-state index contributed by atoms with van der Waals surface area (Å²) in [7, 11) is 0. The SMILES string of the molecule is CCc1c2c(nc3ccc(OC(=O)CCC(=O)Oc4cc(C)c5c(c4)CC[C@@](C)(CCC[C@H](C)CCC[C@H](C)CCCC(C)C)O5)cc13)-c1cc3c(c(=O)n1C2)COC(=O)[C@]3(O)CC. The predicted molar refractivity (Wildman–Crippen MR) is 248 cm³/mol. The van der Waals surface area contributed by atoms with Gasteiger partial charge in [-0.1, -0.05) is 86.5 Å². The summed E-state index contributed by atoms with van der Waals surface area (Å²) in [5, 5.41) is 12.0. The van der Waals surface area contributed by atoms with Crippen molar-refractivity contribution in [2.75, 3.05) is 0 Å². The monoisotopic (exact) mass is 876 g/mol. The molecule has 5 heterocycles. The summed E-state index contributed by atoms with van der Waals surface area (Å²) in [6.45, 7) is 17.4. The first-order valence-corrected chi connectivity index (χ1v) is 23.9. The van der Waals surface area contributed by atoms with Crippen LogP contribution in [0.25, 0.3) is 22.3 Å². The lowest BCUT2D eigenvalue weighted by atomic mass is 9.85. The minimum Gasteiger partial charge on any atom is -0.487 e. The second-order valence-electron chi connectivity index (χ2n) is 19.6. The Kier molecular flexibility index (Phi) is 14.4. The summed E-state index contributed by atoms with van der Waals surface area (Å²) in [5.74, 6) is 2.12. The molecule has 11 nitrogen and oxygen atoms in total. The number of ether oxygens (including phenoxy) is 4. The second-order valence-corrected chi connectivity index (χ2v) is 19.6. The van der Waals surface area contributed by atoms with Crippen molar-refractivity contribution in [2.24, 2.45) is 17.8 Å². The lowest BCUT2D eigenvalue weighted by Crippen LogP contribution is -2.44. The van der Waals surface area contributed by atoms with Gasteiger partial charge in [-0.15, -0.1) is 0 Å². The number of rotatable bonds is 19. The molecule has 0 unspecified atom stereocenters. The molecule has 11 heteroatoms. The number of hydrogen-bond acceptors (Lipinski definition) is 10. The van der Waals surface area contributed by atoms with E-state index in [4.69, 9.17) is 23.9 Å². The summed E-state index contributed by atoms with van der Waals surface area (Å²) < 4.78 is 24.9. The van der Waals surface area contributed by atoms with E-state index in [-0.39, 0.29) is 54.7 Å². The van der Waals surface area contributed by atoms with E-state index in [0.717, 1.165) is 76.8 Å². The molecule has 0 amide bonds. The van der Waals surface area contributed by atoms with Crippen LogP contribution < -0.4 is 19.8 Å². The Morgan fingerprint density at radius 2 is 1.55 bits per heavy atom. The van der Waals surface area contributed by atoms with Crippen LogP contribution in [0.5, 0.6) is 17.2 Å². The Morgan fingerprint density at radius 1 is 0.875 bits per heavy atom. The van der Waals surface area contributed by atoms with Gasteiger partial charge >= 0.3 is 17.9 Å². The molecule has 0 aliphatic carbocycles. The number of nitrogens with zero attached hydrogens (tertiary/aromatic N) is 2. The number of esters is 3. The standard InChI is InChI=1S/C53H68N2O9/c1-9-39-40-28-37(19-20-44(40)54-48-41(39)30-55-45(48)29-43-42(50(55)58)31-61-51(59)53(43,60)10-2)62-46(56)21-22-47(57)63-38-26-35(7)49-36(27-38)23-25-52(8,64-49)24-13-18-34(6)17-12-16-33(5)15-11-14-32(3)4/h19-20,26-29,32-34,60H,9-18,21-25,30-31H2,1-8H3/t33-,34-,52-,53+/m1/s1. The molecule has 1 N–H and O–H groups in total. The summed E-state index contributed by atoms with van der Waals surface area (Å²) in [4.78, 5) is 57.2. The highest BCUT2D eigenvalue weighted by Crippen LogP contribution is 2.42. The van der Waals surface area contributed by atoms with E-state index in [9.17, 15) is 24.3 Å². The van der Waals surface area contributed by atoms with Crippen LogP contribution in [0, 0.1) is 24.7 Å². The summed E-state index contributed by atoms with van der Waals surface area (Å²) in [5.41, 5.74) is 3.60. The largest absolute Gasteiger partial charge is 0.487 e. The number of fused-ring (bicyclic) bond motifs is 6. The van der Waals surface area contributed by atoms with Crippen molar-refractivity contribution in [3.8, 4) is 28.6 Å². The first-order valence-electron chi connectivity index (χ1n) is 23.9. The van der Waals surface area contributed by atoms with Crippen molar-refractivity contribution >= 4 is 28.8 Å². The minimum atomic E-state index is -1.91. The van der Waals surface area contributed by atoms with Gasteiger partial charge in [0, 0.05) is 16.5 Å². The van der Waals surface area contributed by atoms with E-state index in [1.165, 1.54) is 44.9 Å². The van der Waals surface area contributed by atoms with Gasteiger partial charge in [-0.05, 0) is 123 Å². The van der Waals surface area contributed by atoms with Crippen molar-refractivity contribution in [3.63, 3.8) is 0 Å². The Balaban J connectivity index is 0.907. The number of carbonyl (C=O) groups excluding carboxylic acids is 3. The third-order valence-electron chi connectivity index (χ3n) is 14.0. The molecule has 3 aliphatic heterocycles. The van der Waals surface area contributed by atoms with E-state index in [2.05, 4.69) is 34.6 Å². The molecule has 64 heavy (non-hydrogen) atoms. The number of hydrogen-bond donors (Lipinski definition) is 1. The Hall–Kier alpha value is -5.03. The molecule has 2 aromatic heterocycles. The first kappa shape index (κ1) is 46.9. The van der Waals surface area contributed by atoms with Gasteiger partial charge in [0.25, 0.3) is 5.56 Å². The molecule has 4 atom stereocenters. The van der Waals surface area contributed by atoms with Crippen LogP contribution in [0.15, 0.2) is 41.2 Å². The van der Waals surface area contributed by atoms with Crippen LogP contribution in [0.1, 0.15) is 165 Å². The lowest BCUT2D eigenvalue weighted by Gasteiger charge is -2.37. The van der Waals surface area contributed by atoms with Crippen LogP contribution >= 0.6 is 0 Å². The fourth-order valence-corrected chi connectivity index (χ4v) is 10.1. The highest BCUT2D eigenvalue weighted by molar-refractivity contribution is 5.90. The molecule has 0 spiro atoms. The van der Waals surface area contributed by atoms with Crippen molar-refractivity contribution in [3.05, 3.63) is 80.1 Å². The number of aliphatic hydroxyl groups is 1. The van der Waals surface area contributed by atoms with Gasteiger partial charge in [-0.2, -0.15) is 0 Å². The average Bonchev–Trinajstić information content (AvgIpc) is 3.62. The molecule has 4 aromatic rings. The third-order valence-corrected chi connectivity index (χ3v) is 14.0. The number of pyridine rings is 2. The van der Waals surface area contributed by atoms with Gasteiger partial charge in [0.05, 0.1) is 41.9 Å². The zero-order chi connectivity index (χ0) is 45.9. The van der Waals surface area contributed by atoms with Crippen LogP contribution in [0.2, 0.25) is 0 Å². The van der Waals surface area contributed by atoms with Gasteiger partial charge in [0.1, 0.15) is 29.5 Å². The van der Waals surface area contributed by atoms with E-state index in [1.54, 1.807) is 35.8 Å². The first-order chi connectivity index (χ1) is 30.5. The molecule has 7 rings (SSSR count). The predicted octanol–water partition coefficient (Wildman–Crippen LogP) is 10.8. The normalized spacial score (nSPS) is 19.6. The second kappa shape index (κ2) is 19.6. The smallest absolute Gasteiger partial charge is 0.343 e.